The molecule has 0 unspecified atom stereocenters. The van der Waals surface area contributed by atoms with Gasteiger partial charge in [-0.25, -0.2) is 0 Å². The second kappa shape index (κ2) is 11.6. The first-order valence-corrected chi connectivity index (χ1v) is 8.13. The largest absolute Gasteiger partial charge is 0.693 e. The van der Waals surface area contributed by atoms with Crippen LogP contribution in [0.2, 0.25) is 0 Å². The van der Waals surface area contributed by atoms with E-state index in [-0.39, 0.29) is 6.15 Å². The second-order valence-corrected chi connectivity index (χ2v) is 4.76. The molecule has 1 aromatic rings. The van der Waals surface area contributed by atoms with Gasteiger partial charge in [0.2, 0.25) is 0 Å². The van der Waals surface area contributed by atoms with Gasteiger partial charge in [-0.05, 0) is 0 Å². The fourth-order valence-corrected chi connectivity index (χ4v) is 0.527. The smallest absolute Gasteiger partial charge is 0.0791 e. The minimum Gasteiger partial charge on any atom is -0.693 e. The Morgan fingerprint density at radius 3 is 2.11 bits per heavy atom. The van der Waals surface area contributed by atoms with Crippen LogP contribution in [0.5, 0.6) is 0 Å². The molecule has 0 bridgehead atoms. The molecule has 0 aliphatic heterocycles. The molecule has 0 aliphatic carbocycles. The maximum Gasteiger partial charge on any atom is 0.0791 e. The third kappa shape index (κ3) is 12.1. The molecule has 0 atom stereocenters. The van der Waals surface area contributed by atoms with E-state index in [2.05, 4.69) is 4.98 Å². The topological polar surface area (TPSA) is 46.4 Å². The Bertz CT molecular complexity index is 86.7. The van der Waals surface area contributed by atoms with Gasteiger partial charge in [-0.15, -0.1) is 11.3 Å². The van der Waals surface area contributed by atoms with E-state index in [1.807, 2.05) is 5.38 Å². The van der Waals surface area contributed by atoms with Gasteiger partial charge < -0.3 is 6.15 Å². The molecule has 0 saturated carbocycles. The third-order valence-electron chi connectivity index (χ3n) is 0.347. The summed E-state index contributed by atoms with van der Waals surface area (Å²) in [7, 11) is 9.75. The van der Waals surface area contributed by atoms with E-state index in [4.69, 9.17) is 18.8 Å². The van der Waals surface area contributed by atoms with E-state index in [1.165, 1.54) is 0 Å². The van der Waals surface area contributed by atoms with Crippen molar-refractivity contribution in [1.29, 1.82) is 0 Å². The molecule has 2 N–H and O–H groups in total. The van der Waals surface area contributed by atoms with Crippen LogP contribution in [0, 0.1) is 0 Å². The van der Waals surface area contributed by atoms with Crippen LogP contribution >= 0.6 is 30.2 Å². The molecule has 58 valence electrons. The average Bonchev–Trinajstić information content (AvgIpc) is 2.17. The molecule has 1 heterocycles. The quantitative estimate of drug-likeness (QED) is 0.695. The van der Waals surface area contributed by atoms with Crippen molar-refractivity contribution in [2.24, 2.45) is 0 Å². The molecule has 0 saturated heterocycles. The van der Waals surface area contributed by atoms with Crippen molar-refractivity contribution in [1.82, 2.24) is 4.98 Å². The minimum atomic E-state index is -0.472. The van der Waals surface area contributed by atoms with Crippen LogP contribution in [0.15, 0.2) is 17.1 Å². The summed E-state index contributed by atoms with van der Waals surface area (Å²) in [5, 5.41) is 1.93. The van der Waals surface area contributed by atoms with Gasteiger partial charge in [-0.3, -0.25) is 4.98 Å². The van der Waals surface area contributed by atoms with Crippen molar-refractivity contribution in [3.63, 3.8) is 0 Å². The van der Waals surface area contributed by atoms with E-state index in [0.29, 0.717) is 0 Å². The molecular formula is C3H5Cl2N2PtS-. The standard InChI is InChI=1S/C3H3NS.2ClH.H2N.Pt/c1-2-5-3-4-1;;;;/h1-3H;2*1H;1H2;/q;;;-1;+2/p-2. The van der Waals surface area contributed by atoms with E-state index in [0.717, 1.165) is 0 Å². The summed E-state index contributed by atoms with van der Waals surface area (Å²) in [5.41, 5.74) is 1.79. The van der Waals surface area contributed by atoms with Crippen molar-refractivity contribution < 1.29 is 16.5 Å². The first kappa shape index (κ1) is 12.5. The summed E-state index contributed by atoms with van der Waals surface area (Å²) < 4.78 is 0. The predicted molar refractivity (Wildman–Crippen MR) is 39.1 cm³/mol. The van der Waals surface area contributed by atoms with Crippen LogP contribution < -0.4 is 0 Å². The SMILES string of the molecule is [Cl][Pt][Cl].[NH2-].c1cscn1. The monoisotopic (exact) mass is 366 g/mol. The number of aromatic nitrogens is 1. The van der Waals surface area contributed by atoms with Gasteiger partial charge >= 0.3 is 35.3 Å². The van der Waals surface area contributed by atoms with Crippen LogP contribution in [0.4, 0.5) is 0 Å². The summed E-state index contributed by atoms with van der Waals surface area (Å²) >= 11 is 1.13. The van der Waals surface area contributed by atoms with E-state index >= 15 is 0 Å². The van der Waals surface area contributed by atoms with Gasteiger partial charge in [0.15, 0.2) is 0 Å². The maximum absolute atomic E-state index is 4.88. The number of thiazole rings is 1. The van der Waals surface area contributed by atoms with E-state index in [1.54, 1.807) is 23.0 Å². The first-order valence-electron chi connectivity index (χ1n) is 1.56. The summed E-state index contributed by atoms with van der Waals surface area (Å²) in [6.45, 7) is 0. The summed E-state index contributed by atoms with van der Waals surface area (Å²) in [6, 6.07) is 0. The maximum atomic E-state index is 4.88. The Morgan fingerprint density at radius 1 is 1.44 bits per heavy atom. The third-order valence-corrected chi connectivity index (χ3v) is 0.869. The molecule has 0 radical (unpaired) electrons. The minimum absolute atomic E-state index is 0. The number of rotatable bonds is 0. The molecule has 0 amide bonds. The Morgan fingerprint density at radius 2 is 2.00 bits per heavy atom. The first-order chi connectivity index (χ1) is 3.91. The molecule has 0 aromatic carbocycles. The molecule has 0 aliphatic rings. The zero-order valence-corrected chi connectivity index (χ0v) is 8.84. The molecule has 9 heavy (non-hydrogen) atoms. The molecule has 0 spiro atoms. The molecule has 2 nitrogen and oxygen atoms in total. The Balaban J connectivity index is 0. The predicted octanol–water partition coefficient (Wildman–Crippen LogP) is 3.24. The number of nitrogens with two attached hydrogens (primary N) is 1. The zero-order valence-electron chi connectivity index (χ0n) is 4.24. The number of hydrogen-bond donors (Lipinski definition) is 0. The van der Waals surface area contributed by atoms with Gasteiger partial charge in [0, 0.05) is 11.6 Å². The Kier molecular flexibility index (Phi) is 16.2. The number of halogens is 2. The molecule has 1 aromatic heterocycles. The molecule has 0 fully saturated rings. The van der Waals surface area contributed by atoms with E-state index in [9.17, 15) is 0 Å². The van der Waals surface area contributed by atoms with Crippen molar-refractivity contribution in [2.45, 2.75) is 0 Å². The summed E-state index contributed by atoms with van der Waals surface area (Å²) in [5.74, 6) is 0. The molecular weight excluding hydrogens is 362 g/mol. The average molecular weight is 367 g/mol. The molecule has 1 rings (SSSR count). The summed E-state index contributed by atoms with van der Waals surface area (Å²) in [6.07, 6.45) is 1.77. The second-order valence-electron chi connectivity index (χ2n) is 0.721. The van der Waals surface area contributed by atoms with Crippen molar-refractivity contribution in [3.8, 4) is 0 Å². The van der Waals surface area contributed by atoms with Crippen LogP contribution in [0.1, 0.15) is 0 Å². The van der Waals surface area contributed by atoms with Crippen molar-refractivity contribution in [2.75, 3.05) is 0 Å². The van der Waals surface area contributed by atoms with Crippen LogP contribution in [0.3, 0.4) is 0 Å². The zero-order chi connectivity index (χ0) is 6.24. The van der Waals surface area contributed by atoms with E-state index < -0.39 is 16.5 Å². The fraction of sp³-hybridized carbons (Fsp3) is 0. The van der Waals surface area contributed by atoms with Crippen LogP contribution in [0.25, 0.3) is 6.15 Å². The normalized spacial score (nSPS) is 6.89. The Labute approximate surface area is 74.6 Å². The van der Waals surface area contributed by atoms with Gasteiger partial charge in [0.1, 0.15) is 0 Å². The van der Waals surface area contributed by atoms with Crippen molar-refractivity contribution >= 4 is 30.2 Å². The number of hydrogen-bond acceptors (Lipinski definition) is 2. The summed E-state index contributed by atoms with van der Waals surface area (Å²) in [4.78, 5) is 3.74. The van der Waals surface area contributed by atoms with Gasteiger partial charge in [0.05, 0.1) is 5.51 Å². The fourth-order valence-electron chi connectivity index (χ4n) is 0.176. The van der Waals surface area contributed by atoms with Gasteiger partial charge in [0.25, 0.3) is 0 Å². The van der Waals surface area contributed by atoms with Crippen LogP contribution in [-0.2, 0) is 16.5 Å². The van der Waals surface area contributed by atoms with Gasteiger partial charge in [-0.1, -0.05) is 0 Å². The Hall–Kier alpha value is 0.858. The van der Waals surface area contributed by atoms with Gasteiger partial charge in [-0.2, -0.15) is 0 Å². The van der Waals surface area contributed by atoms with Crippen molar-refractivity contribution in [3.05, 3.63) is 23.2 Å². The number of nitrogens with zero attached hydrogens (tertiary/aromatic N) is 1. The van der Waals surface area contributed by atoms with Crippen LogP contribution in [-0.4, -0.2) is 4.98 Å². The molecule has 6 heteroatoms.